The number of nitrogens with one attached hydrogen (secondary N) is 5. The zero-order valence-corrected chi connectivity index (χ0v) is 34.7. The predicted molar refractivity (Wildman–Crippen MR) is 230 cm³/mol. The highest BCUT2D eigenvalue weighted by Gasteiger charge is 2.32. The number of ether oxygens (including phenoxy) is 3. The number of carbonyl (C=O) groups is 6. The van der Waals surface area contributed by atoms with Gasteiger partial charge in [-0.1, -0.05) is 116 Å². The lowest BCUT2D eigenvalue weighted by Gasteiger charge is -2.24. The molecule has 4 amide bonds. The van der Waals surface area contributed by atoms with E-state index in [0.29, 0.717) is 11.1 Å². The number of nitrogens with two attached hydrogens (primary N) is 1. The molecular weight excluding hydrogens is 817 g/mol. The van der Waals surface area contributed by atoms with E-state index >= 15 is 0 Å². The second kappa shape index (κ2) is 25.1. The highest BCUT2D eigenvalue weighted by molar-refractivity contribution is 6.01. The molecule has 0 bridgehead atoms. The lowest BCUT2D eigenvalue weighted by molar-refractivity contribution is -0.525. The molecule has 0 heterocycles. The number of carbonyl (C=O) groups excluding carboxylic acids is 6. The molecule has 7 N–H and O–H groups in total. The van der Waals surface area contributed by atoms with Gasteiger partial charge in [-0.15, -0.1) is 0 Å². The van der Waals surface area contributed by atoms with E-state index in [2.05, 4.69) is 26.3 Å². The maximum Gasteiger partial charge on any atom is 0.408 e. The van der Waals surface area contributed by atoms with Crippen LogP contribution in [0.5, 0.6) is 0 Å². The molecule has 3 atom stereocenters. The number of hydrogen-bond donors (Lipinski definition) is 6. The Labute approximate surface area is 363 Å². The second-order valence-corrected chi connectivity index (χ2v) is 14.3. The van der Waals surface area contributed by atoms with Crippen LogP contribution in [0.25, 0.3) is 0 Å². The van der Waals surface area contributed by atoms with Crippen molar-refractivity contribution in [3.05, 3.63) is 148 Å². The van der Waals surface area contributed by atoms with Crippen molar-refractivity contribution in [3.63, 3.8) is 0 Å². The maximum atomic E-state index is 13.8. The molecule has 332 valence electrons. The third-order valence-corrected chi connectivity index (χ3v) is 9.03. The van der Waals surface area contributed by atoms with Gasteiger partial charge in [-0.3, -0.25) is 19.2 Å². The second-order valence-electron chi connectivity index (χ2n) is 14.3. The fourth-order valence-corrected chi connectivity index (χ4v) is 5.75. The molecule has 4 aromatic rings. The summed E-state index contributed by atoms with van der Waals surface area (Å²) in [4.78, 5) is 94.7. The predicted octanol–water partition coefficient (Wildman–Crippen LogP) is 3.91. The number of nitro groups is 1. The number of aliphatic imine (C=N–C) groups is 1. The fraction of sp³-hybridized carbons (Fsp3) is 0.295. The average molecular weight is 867 g/mol. The van der Waals surface area contributed by atoms with Crippen LogP contribution in [0.4, 0.5) is 10.5 Å². The maximum absolute atomic E-state index is 13.8. The van der Waals surface area contributed by atoms with Crippen LogP contribution in [0.1, 0.15) is 60.2 Å². The highest BCUT2D eigenvalue weighted by atomic mass is 16.7. The number of hydrogen-bond acceptors (Lipinski definition) is 12. The number of esters is 2. The number of anilines is 1. The molecule has 0 radical (unpaired) electrons. The van der Waals surface area contributed by atoms with Gasteiger partial charge in [-0.2, -0.15) is 0 Å². The monoisotopic (exact) mass is 866 g/mol. The van der Waals surface area contributed by atoms with E-state index in [-0.39, 0.29) is 50.5 Å². The number of hydrazine groups is 1. The summed E-state index contributed by atoms with van der Waals surface area (Å²) in [5.74, 6) is -4.79. The molecule has 0 spiro atoms. The molecule has 0 aromatic heterocycles. The molecule has 0 saturated heterocycles. The van der Waals surface area contributed by atoms with Crippen LogP contribution in [0.3, 0.4) is 0 Å². The number of alkyl carbamates (subject to hydrolysis) is 1. The topological polar surface area (TPSA) is 272 Å². The van der Waals surface area contributed by atoms with Gasteiger partial charge in [0.25, 0.3) is 11.9 Å². The van der Waals surface area contributed by atoms with Gasteiger partial charge >= 0.3 is 18.0 Å². The lowest BCUT2D eigenvalue weighted by atomic mass is 10.0. The first-order chi connectivity index (χ1) is 30.3. The van der Waals surface area contributed by atoms with E-state index in [9.17, 15) is 38.9 Å². The summed E-state index contributed by atoms with van der Waals surface area (Å²) in [7, 11) is 0. The van der Waals surface area contributed by atoms with Crippen molar-refractivity contribution in [3.8, 4) is 0 Å². The van der Waals surface area contributed by atoms with Gasteiger partial charge in [0.05, 0.1) is 6.42 Å². The summed E-state index contributed by atoms with van der Waals surface area (Å²) in [5, 5.41) is 20.1. The van der Waals surface area contributed by atoms with Crippen LogP contribution in [-0.2, 0) is 53.2 Å². The van der Waals surface area contributed by atoms with Crippen LogP contribution in [-0.4, -0.2) is 71.4 Å². The number of amides is 4. The Morgan fingerprint density at radius 1 is 0.698 bits per heavy atom. The van der Waals surface area contributed by atoms with Crippen molar-refractivity contribution in [1.82, 2.24) is 21.4 Å². The molecule has 19 heteroatoms. The summed E-state index contributed by atoms with van der Waals surface area (Å²) in [6.07, 6.45) is -1.35. The smallest absolute Gasteiger partial charge is 0.408 e. The quantitative estimate of drug-likeness (QED) is 0.0125. The fourth-order valence-electron chi connectivity index (χ4n) is 5.75. The Bertz CT molecular complexity index is 2190. The molecule has 0 aliphatic rings. The minimum atomic E-state index is -1.52. The summed E-state index contributed by atoms with van der Waals surface area (Å²) in [5.41, 5.74) is 9.43. The Balaban J connectivity index is 1.47. The van der Waals surface area contributed by atoms with Gasteiger partial charge in [0.15, 0.2) is 5.03 Å². The van der Waals surface area contributed by atoms with Crippen molar-refractivity contribution < 1.29 is 48.0 Å². The third-order valence-electron chi connectivity index (χ3n) is 9.03. The first kappa shape index (κ1) is 47.8. The van der Waals surface area contributed by atoms with E-state index in [1.807, 2.05) is 6.07 Å². The van der Waals surface area contributed by atoms with Gasteiger partial charge in [-0.25, -0.2) is 24.7 Å². The summed E-state index contributed by atoms with van der Waals surface area (Å²) < 4.78 is 16.2. The van der Waals surface area contributed by atoms with Crippen LogP contribution in [0, 0.1) is 16.0 Å². The average Bonchev–Trinajstić information content (AvgIpc) is 3.27. The van der Waals surface area contributed by atoms with Crippen molar-refractivity contribution in [2.24, 2.45) is 16.6 Å². The first-order valence-corrected chi connectivity index (χ1v) is 19.9. The largest absolute Gasteiger partial charge is 0.461 e. The normalized spacial score (nSPS) is 12.4. The van der Waals surface area contributed by atoms with E-state index in [4.69, 9.17) is 19.9 Å². The third kappa shape index (κ3) is 17.4. The van der Waals surface area contributed by atoms with Gasteiger partial charge in [0, 0.05) is 17.8 Å². The van der Waals surface area contributed by atoms with Crippen LogP contribution >= 0.6 is 0 Å². The van der Waals surface area contributed by atoms with Gasteiger partial charge < -0.3 is 41.2 Å². The van der Waals surface area contributed by atoms with Crippen molar-refractivity contribution >= 4 is 47.4 Å². The Kier molecular flexibility index (Phi) is 19.0. The molecule has 4 rings (SSSR count). The van der Waals surface area contributed by atoms with Crippen molar-refractivity contribution in [1.29, 1.82) is 0 Å². The van der Waals surface area contributed by atoms with E-state index in [1.165, 1.54) is 24.3 Å². The van der Waals surface area contributed by atoms with Crippen molar-refractivity contribution in [2.75, 3.05) is 11.9 Å². The van der Waals surface area contributed by atoms with Crippen LogP contribution < -0.4 is 32.4 Å². The Hall–Kier alpha value is -7.83. The lowest BCUT2D eigenvalue weighted by Crippen LogP contribution is -2.54. The minimum absolute atomic E-state index is 0.00394. The van der Waals surface area contributed by atoms with Gasteiger partial charge in [-0.05, 0) is 53.6 Å². The van der Waals surface area contributed by atoms with Gasteiger partial charge in [0.2, 0.25) is 11.8 Å². The molecular formula is C44H50N8O11. The molecule has 4 aromatic carbocycles. The first-order valence-electron chi connectivity index (χ1n) is 19.9. The summed E-state index contributed by atoms with van der Waals surface area (Å²) >= 11 is 0. The van der Waals surface area contributed by atoms with Crippen molar-refractivity contribution in [2.45, 2.75) is 71.1 Å². The summed E-state index contributed by atoms with van der Waals surface area (Å²) in [6.45, 7) is 3.15. The standard InChI is InChI=1S/C44H50N8O11/c1-29(2)38(42(57)62-27-31-16-8-4-9-17-31)50-41(56)36(25-37(53)61-26-30-14-6-3-7-15-30)48-39(54)33-20-12-21-34(24-33)47-40(55)35(22-13-23-46-43(45)51-52(59)60)49-44(58)63-28-32-18-10-5-11-19-32/h3-12,14-21,24,29,35-36,38H,13,22-23,25-28H2,1-2H3,(H,47,55)(H,48,54)(H,49,58)(H,50,56)(H3,45,46,51)/t35-,36-,38-/m0/s1. The molecule has 0 saturated carbocycles. The number of nitrogens with zero attached hydrogens (tertiary/aromatic N) is 2. The van der Waals surface area contributed by atoms with E-state index in [0.717, 1.165) is 5.56 Å². The SMILES string of the molecule is CC(C)[C@H](NC(=O)[C@H](CC(=O)OCc1ccccc1)NC(=O)c1cccc(NC(=O)[C@H](CCCN=C(N)N[N+](=O)[O-])NC(=O)OCc2ccccc2)c1)C(=O)OCc1ccccc1. The molecule has 0 fully saturated rings. The van der Waals surface area contributed by atoms with Gasteiger partial charge in [0.1, 0.15) is 37.9 Å². The van der Waals surface area contributed by atoms with Crippen LogP contribution in [0.15, 0.2) is 120 Å². The zero-order chi connectivity index (χ0) is 45.6. The molecule has 63 heavy (non-hydrogen) atoms. The molecule has 0 aliphatic heterocycles. The summed E-state index contributed by atoms with van der Waals surface area (Å²) in [6, 6.07) is 28.4. The number of benzene rings is 4. The van der Waals surface area contributed by atoms with E-state index < -0.39 is 77.2 Å². The molecule has 0 aliphatic carbocycles. The zero-order valence-electron chi connectivity index (χ0n) is 34.7. The molecule has 0 unspecified atom stereocenters. The van der Waals surface area contributed by atoms with E-state index in [1.54, 1.807) is 104 Å². The Morgan fingerprint density at radius 2 is 1.27 bits per heavy atom. The highest BCUT2D eigenvalue weighted by Crippen LogP contribution is 2.15. The number of rotatable bonds is 22. The van der Waals surface area contributed by atoms with Crippen LogP contribution in [0.2, 0.25) is 0 Å². The Morgan fingerprint density at radius 3 is 1.84 bits per heavy atom. The minimum Gasteiger partial charge on any atom is -0.461 e. The molecule has 19 nitrogen and oxygen atoms in total. The number of guanidine groups is 1.